The highest BCUT2D eigenvalue weighted by molar-refractivity contribution is 4.92. The van der Waals surface area contributed by atoms with Gasteiger partial charge in [-0.3, -0.25) is 0 Å². The van der Waals surface area contributed by atoms with Crippen LogP contribution in [0.2, 0.25) is 0 Å². The molecule has 0 radical (unpaired) electrons. The minimum atomic E-state index is -0.0623. The fourth-order valence-corrected chi connectivity index (χ4v) is 2.35. The zero-order valence-electron chi connectivity index (χ0n) is 10.9. The maximum absolute atomic E-state index is 5.80. The molecule has 0 aromatic rings. The Labute approximate surface area is 98.2 Å². The third-order valence-electron chi connectivity index (χ3n) is 2.99. The van der Waals surface area contributed by atoms with E-state index in [-0.39, 0.29) is 30.5 Å². The van der Waals surface area contributed by atoms with E-state index in [1.54, 1.807) is 7.11 Å². The molecule has 1 aliphatic heterocycles. The first kappa shape index (κ1) is 13.9. The number of rotatable bonds is 5. The average molecular weight is 232 g/mol. The Morgan fingerprint density at radius 3 is 1.88 bits per heavy atom. The summed E-state index contributed by atoms with van der Waals surface area (Å²) in [6.07, 6.45) is -0.0846. The lowest BCUT2D eigenvalue weighted by atomic mass is 9.96. The lowest BCUT2D eigenvalue weighted by Crippen LogP contribution is -2.58. The Kier molecular flexibility index (Phi) is 5.69. The molecule has 4 heteroatoms. The van der Waals surface area contributed by atoms with Gasteiger partial charge in [0.15, 0.2) is 0 Å². The SMILES string of the molecule is CCO[C@H]1C(C)O[C@@H](C)C(OC)[C@@H]1OCC. The van der Waals surface area contributed by atoms with Crippen LogP contribution in [0.3, 0.4) is 0 Å². The monoisotopic (exact) mass is 232 g/mol. The molecule has 0 spiro atoms. The lowest BCUT2D eigenvalue weighted by molar-refractivity contribution is -0.243. The number of methoxy groups -OCH3 is 1. The van der Waals surface area contributed by atoms with Gasteiger partial charge in [-0.1, -0.05) is 0 Å². The van der Waals surface area contributed by atoms with Gasteiger partial charge in [0.05, 0.1) is 12.2 Å². The molecule has 0 N–H and O–H groups in total. The van der Waals surface area contributed by atoms with Crippen molar-refractivity contribution in [1.82, 2.24) is 0 Å². The Balaban J connectivity index is 2.77. The van der Waals surface area contributed by atoms with E-state index in [4.69, 9.17) is 18.9 Å². The molecule has 0 bridgehead atoms. The molecular formula is C12H24O4. The molecule has 0 aromatic heterocycles. The van der Waals surface area contributed by atoms with Crippen molar-refractivity contribution < 1.29 is 18.9 Å². The third kappa shape index (κ3) is 2.94. The summed E-state index contributed by atoms with van der Waals surface area (Å²) in [7, 11) is 1.69. The molecule has 1 aliphatic rings. The highest BCUT2D eigenvalue weighted by Crippen LogP contribution is 2.27. The first-order valence-corrected chi connectivity index (χ1v) is 6.07. The van der Waals surface area contributed by atoms with Gasteiger partial charge in [-0.25, -0.2) is 0 Å². The molecule has 96 valence electrons. The van der Waals surface area contributed by atoms with E-state index >= 15 is 0 Å². The first-order valence-electron chi connectivity index (χ1n) is 6.07. The minimum absolute atomic E-state index is 0.0354. The van der Waals surface area contributed by atoms with Crippen LogP contribution in [-0.2, 0) is 18.9 Å². The maximum atomic E-state index is 5.80. The Morgan fingerprint density at radius 2 is 1.38 bits per heavy atom. The predicted molar refractivity (Wildman–Crippen MR) is 61.6 cm³/mol. The van der Waals surface area contributed by atoms with Crippen molar-refractivity contribution in [3.8, 4) is 0 Å². The molecule has 1 fully saturated rings. The fourth-order valence-electron chi connectivity index (χ4n) is 2.35. The van der Waals surface area contributed by atoms with Crippen LogP contribution in [0.1, 0.15) is 27.7 Å². The normalized spacial score (nSPS) is 39.9. The molecule has 0 amide bonds. The van der Waals surface area contributed by atoms with Crippen molar-refractivity contribution in [1.29, 1.82) is 0 Å². The Bertz CT molecular complexity index is 197. The van der Waals surface area contributed by atoms with Crippen molar-refractivity contribution >= 4 is 0 Å². The number of hydrogen-bond acceptors (Lipinski definition) is 4. The van der Waals surface area contributed by atoms with E-state index in [2.05, 4.69) is 0 Å². The molecule has 0 aromatic carbocycles. The molecule has 1 rings (SSSR count). The van der Waals surface area contributed by atoms with Crippen LogP contribution < -0.4 is 0 Å². The molecule has 5 atom stereocenters. The molecule has 1 saturated heterocycles. The highest BCUT2D eigenvalue weighted by Gasteiger charge is 2.43. The summed E-state index contributed by atoms with van der Waals surface area (Å²) in [4.78, 5) is 0. The first-order chi connectivity index (χ1) is 7.65. The van der Waals surface area contributed by atoms with Crippen molar-refractivity contribution in [2.24, 2.45) is 0 Å². The lowest BCUT2D eigenvalue weighted by Gasteiger charge is -2.43. The summed E-state index contributed by atoms with van der Waals surface area (Å²) < 4.78 is 22.7. The van der Waals surface area contributed by atoms with Crippen molar-refractivity contribution in [3.63, 3.8) is 0 Å². The molecule has 0 aliphatic carbocycles. The van der Waals surface area contributed by atoms with Crippen LogP contribution in [0.25, 0.3) is 0 Å². The number of hydrogen-bond donors (Lipinski definition) is 0. The van der Waals surface area contributed by atoms with Crippen LogP contribution >= 0.6 is 0 Å². The van der Waals surface area contributed by atoms with Crippen molar-refractivity contribution in [3.05, 3.63) is 0 Å². The van der Waals surface area contributed by atoms with E-state index in [9.17, 15) is 0 Å². The second-order valence-corrected chi connectivity index (χ2v) is 4.09. The smallest absolute Gasteiger partial charge is 0.115 e. The summed E-state index contributed by atoms with van der Waals surface area (Å²) in [5.41, 5.74) is 0. The van der Waals surface area contributed by atoms with Gasteiger partial charge in [-0.05, 0) is 27.7 Å². The summed E-state index contributed by atoms with van der Waals surface area (Å²) in [6.45, 7) is 9.32. The summed E-state index contributed by atoms with van der Waals surface area (Å²) in [5.74, 6) is 0. The summed E-state index contributed by atoms with van der Waals surface area (Å²) in [6, 6.07) is 0. The van der Waals surface area contributed by atoms with Gasteiger partial charge in [-0.15, -0.1) is 0 Å². The largest absolute Gasteiger partial charge is 0.376 e. The zero-order valence-corrected chi connectivity index (χ0v) is 10.9. The van der Waals surface area contributed by atoms with Gasteiger partial charge in [0.25, 0.3) is 0 Å². The fraction of sp³-hybridized carbons (Fsp3) is 1.00. The quantitative estimate of drug-likeness (QED) is 0.722. The van der Waals surface area contributed by atoms with Gasteiger partial charge >= 0.3 is 0 Å². The van der Waals surface area contributed by atoms with Gasteiger partial charge in [0.2, 0.25) is 0 Å². The average Bonchev–Trinajstić information content (AvgIpc) is 2.24. The molecule has 1 heterocycles. The van der Waals surface area contributed by atoms with Gasteiger partial charge in [0, 0.05) is 20.3 Å². The van der Waals surface area contributed by atoms with Crippen molar-refractivity contribution in [2.75, 3.05) is 20.3 Å². The van der Waals surface area contributed by atoms with Crippen LogP contribution in [0.4, 0.5) is 0 Å². The topological polar surface area (TPSA) is 36.9 Å². The van der Waals surface area contributed by atoms with Crippen LogP contribution in [0, 0.1) is 0 Å². The van der Waals surface area contributed by atoms with Crippen molar-refractivity contribution in [2.45, 2.75) is 58.2 Å². The molecule has 4 nitrogen and oxygen atoms in total. The molecule has 0 saturated carbocycles. The van der Waals surface area contributed by atoms with E-state index in [0.717, 1.165) is 0 Å². The minimum Gasteiger partial charge on any atom is -0.376 e. The van der Waals surface area contributed by atoms with Gasteiger partial charge in [0.1, 0.15) is 18.3 Å². The second kappa shape index (κ2) is 6.55. The van der Waals surface area contributed by atoms with Crippen LogP contribution in [0.5, 0.6) is 0 Å². The zero-order chi connectivity index (χ0) is 12.1. The van der Waals surface area contributed by atoms with Gasteiger partial charge < -0.3 is 18.9 Å². The third-order valence-corrected chi connectivity index (χ3v) is 2.99. The second-order valence-electron chi connectivity index (χ2n) is 4.09. The molecular weight excluding hydrogens is 208 g/mol. The highest BCUT2D eigenvalue weighted by atomic mass is 16.6. The van der Waals surface area contributed by atoms with Crippen LogP contribution in [0.15, 0.2) is 0 Å². The number of ether oxygens (including phenoxy) is 4. The van der Waals surface area contributed by atoms with Crippen LogP contribution in [-0.4, -0.2) is 50.8 Å². The molecule has 2 unspecified atom stereocenters. The predicted octanol–water partition coefficient (Wildman–Crippen LogP) is 1.62. The Hall–Kier alpha value is -0.160. The molecule has 16 heavy (non-hydrogen) atoms. The summed E-state index contributed by atoms with van der Waals surface area (Å²) >= 11 is 0. The maximum Gasteiger partial charge on any atom is 0.115 e. The van der Waals surface area contributed by atoms with E-state index in [1.165, 1.54) is 0 Å². The summed E-state index contributed by atoms with van der Waals surface area (Å²) in [5, 5.41) is 0. The Morgan fingerprint density at radius 1 is 0.875 bits per heavy atom. The van der Waals surface area contributed by atoms with E-state index in [1.807, 2.05) is 27.7 Å². The van der Waals surface area contributed by atoms with Gasteiger partial charge in [-0.2, -0.15) is 0 Å². The standard InChI is InChI=1S/C12H24O4/c1-6-14-11-9(4)16-8(3)10(13-5)12(11)15-7-2/h8-12H,6-7H2,1-5H3/t8-,9?,10?,11-,12-/m0/s1. The van der Waals surface area contributed by atoms with E-state index < -0.39 is 0 Å². The van der Waals surface area contributed by atoms with E-state index in [0.29, 0.717) is 13.2 Å².